The molecule has 2 aromatic carbocycles. The lowest BCUT2D eigenvalue weighted by Gasteiger charge is -2.36. The maximum atomic E-state index is 13.6. The summed E-state index contributed by atoms with van der Waals surface area (Å²) in [6, 6.07) is 19.6. The van der Waals surface area contributed by atoms with Gasteiger partial charge in [-0.1, -0.05) is 43.3 Å². The van der Waals surface area contributed by atoms with E-state index < -0.39 is 0 Å². The Morgan fingerprint density at radius 1 is 1.06 bits per heavy atom. The monoisotopic (exact) mass is 499 g/mol. The minimum absolute atomic E-state index is 0.281. The molecule has 1 aliphatic heterocycles. The molecular formula is C27H29N7OS. The lowest BCUT2D eigenvalue weighted by atomic mass is 10.1. The van der Waals surface area contributed by atoms with E-state index in [2.05, 4.69) is 50.6 Å². The fraction of sp³-hybridized carbons (Fsp3) is 0.259. The fourth-order valence-corrected chi connectivity index (χ4v) is 5.09. The molecule has 1 fully saturated rings. The normalized spacial score (nSPS) is 14.7. The highest BCUT2D eigenvalue weighted by atomic mass is 32.1. The van der Waals surface area contributed by atoms with Crippen LogP contribution in [0.2, 0.25) is 0 Å². The summed E-state index contributed by atoms with van der Waals surface area (Å²) in [7, 11) is 0. The van der Waals surface area contributed by atoms with Crippen LogP contribution in [0, 0.1) is 6.92 Å². The minimum atomic E-state index is -0.281. The molecule has 1 aliphatic rings. The molecule has 1 amide bonds. The predicted octanol–water partition coefficient (Wildman–Crippen LogP) is 4.49. The van der Waals surface area contributed by atoms with Gasteiger partial charge in [-0.3, -0.25) is 4.79 Å². The molecule has 9 heteroatoms. The van der Waals surface area contributed by atoms with Crippen LogP contribution in [0.5, 0.6) is 0 Å². The Labute approximate surface area is 214 Å². The van der Waals surface area contributed by atoms with Crippen molar-refractivity contribution in [3.63, 3.8) is 0 Å². The molecule has 0 bridgehead atoms. The molecular weight excluding hydrogens is 470 g/mol. The molecule has 0 radical (unpaired) electrons. The Balaban J connectivity index is 1.41. The maximum Gasteiger partial charge on any atom is 0.274 e. The fourth-order valence-electron chi connectivity index (χ4n) is 4.44. The van der Waals surface area contributed by atoms with Gasteiger partial charge in [-0.05, 0) is 65.2 Å². The molecule has 3 heterocycles. The maximum absolute atomic E-state index is 13.6. The number of nitrogens with one attached hydrogen (secondary N) is 1. The van der Waals surface area contributed by atoms with Gasteiger partial charge in [0.05, 0.1) is 0 Å². The molecule has 36 heavy (non-hydrogen) atoms. The zero-order chi connectivity index (χ0) is 24.9. The topological polar surface area (TPSA) is 79.2 Å². The quantitative estimate of drug-likeness (QED) is 0.378. The van der Waals surface area contributed by atoms with E-state index in [1.165, 1.54) is 10.4 Å². The summed E-state index contributed by atoms with van der Waals surface area (Å²) >= 11 is 1.55. The third kappa shape index (κ3) is 5.22. The number of carbonyl (C=O) groups excluding carboxylic acids is 1. The first-order valence-electron chi connectivity index (χ1n) is 12.1. The van der Waals surface area contributed by atoms with E-state index in [9.17, 15) is 4.79 Å². The second-order valence-corrected chi connectivity index (χ2v) is 9.68. The predicted molar refractivity (Wildman–Crippen MR) is 146 cm³/mol. The van der Waals surface area contributed by atoms with Crippen molar-refractivity contribution in [2.75, 3.05) is 42.9 Å². The van der Waals surface area contributed by atoms with E-state index in [1.807, 2.05) is 66.1 Å². The first-order chi connectivity index (χ1) is 17.6. The SMILES string of the molecule is CCN1CCN(c2ccc(NC(=O)/C(=C/c3cccs3)n3nnnc3-c3ccccc3)cc2C)CC1. The number of benzene rings is 2. The Bertz CT molecular complexity index is 1340. The third-order valence-corrected chi connectivity index (χ3v) is 7.22. The van der Waals surface area contributed by atoms with Crippen LogP contribution in [0.25, 0.3) is 23.2 Å². The number of nitrogens with zero attached hydrogens (tertiary/aromatic N) is 6. The van der Waals surface area contributed by atoms with Gasteiger partial charge in [0, 0.05) is 48.0 Å². The molecule has 1 N–H and O–H groups in total. The number of amides is 1. The zero-order valence-electron chi connectivity index (χ0n) is 20.5. The van der Waals surface area contributed by atoms with Gasteiger partial charge in [-0.25, -0.2) is 0 Å². The number of thiophene rings is 1. The molecule has 184 valence electrons. The Morgan fingerprint density at radius 3 is 2.56 bits per heavy atom. The molecule has 4 aromatic rings. The molecule has 8 nitrogen and oxygen atoms in total. The third-order valence-electron chi connectivity index (χ3n) is 6.40. The van der Waals surface area contributed by atoms with Crippen LogP contribution in [0.15, 0.2) is 66.0 Å². The number of likely N-dealkylation sites (N-methyl/N-ethyl adjacent to an activating group) is 1. The first kappa shape index (κ1) is 23.9. The van der Waals surface area contributed by atoms with Crippen LogP contribution < -0.4 is 10.2 Å². The number of hydrogen-bond acceptors (Lipinski definition) is 7. The smallest absolute Gasteiger partial charge is 0.274 e. The van der Waals surface area contributed by atoms with Crippen molar-refractivity contribution in [3.8, 4) is 11.4 Å². The number of carbonyl (C=O) groups is 1. The van der Waals surface area contributed by atoms with E-state index in [-0.39, 0.29) is 5.91 Å². The van der Waals surface area contributed by atoms with Gasteiger partial charge in [-0.2, -0.15) is 4.68 Å². The highest BCUT2D eigenvalue weighted by Crippen LogP contribution is 2.27. The Kier molecular flexibility index (Phi) is 7.20. The lowest BCUT2D eigenvalue weighted by molar-refractivity contribution is -0.111. The average Bonchev–Trinajstić information content (AvgIpc) is 3.60. The number of rotatable bonds is 7. The summed E-state index contributed by atoms with van der Waals surface area (Å²) in [5.74, 6) is 0.225. The number of piperazine rings is 1. The molecule has 5 rings (SSSR count). The van der Waals surface area contributed by atoms with Gasteiger partial charge in [0.1, 0.15) is 5.70 Å². The summed E-state index contributed by atoms with van der Waals surface area (Å²) in [5.41, 5.74) is 4.26. The largest absolute Gasteiger partial charge is 0.369 e. The molecule has 0 unspecified atom stereocenters. The second-order valence-electron chi connectivity index (χ2n) is 8.70. The van der Waals surface area contributed by atoms with Gasteiger partial charge in [0.2, 0.25) is 0 Å². The minimum Gasteiger partial charge on any atom is -0.369 e. The first-order valence-corrected chi connectivity index (χ1v) is 13.0. The number of tetrazole rings is 1. The Hall–Kier alpha value is -3.82. The molecule has 0 spiro atoms. The number of hydrogen-bond donors (Lipinski definition) is 1. The lowest BCUT2D eigenvalue weighted by Crippen LogP contribution is -2.46. The summed E-state index contributed by atoms with van der Waals surface area (Å²) < 4.78 is 1.50. The van der Waals surface area contributed by atoms with Crippen molar-refractivity contribution < 1.29 is 4.79 Å². The van der Waals surface area contributed by atoms with Gasteiger partial charge in [0.25, 0.3) is 5.91 Å². The highest BCUT2D eigenvalue weighted by Gasteiger charge is 2.21. The molecule has 0 atom stereocenters. The van der Waals surface area contributed by atoms with E-state index in [1.54, 1.807) is 11.3 Å². The van der Waals surface area contributed by atoms with E-state index in [4.69, 9.17) is 0 Å². The van der Waals surface area contributed by atoms with Crippen LogP contribution in [0.4, 0.5) is 11.4 Å². The van der Waals surface area contributed by atoms with Crippen LogP contribution in [0.1, 0.15) is 17.4 Å². The second kappa shape index (κ2) is 10.8. The molecule has 0 aliphatic carbocycles. The summed E-state index contributed by atoms with van der Waals surface area (Å²) in [4.78, 5) is 19.4. The Morgan fingerprint density at radius 2 is 1.86 bits per heavy atom. The van der Waals surface area contributed by atoms with Gasteiger partial charge in [0.15, 0.2) is 5.82 Å². The van der Waals surface area contributed by atoms with Crippen molar-refractivity contribution in [1.82, 2.24) is 25.1 Å². The molecule has 2 aromatic heterocycles. The van der Waals surface area contributed by atoms with Crippen LogP contribution in [0.3, 0.4) is 0 Å². The van der Waals surface area contributed by atoms with Crippen molar-refractivity contribution in [2.45, 2.75) is 13.8 Å². The number of aromatic nitrogens is 4. The number of anilines is 2. The summed E-state index contributed by atoms with van der Waals surface area (Å²) in [6.07, 6.45) is 1.82. The summed E-state index contributed by atoms with van der Waals surface area (Å²) in [6.45, 7) is 9.55. The van der Waals surface area contributed by atoms with Crippen LogP contribution in [-0.2, 0) is 4.79 Å². The van der Waals surface area contributed by atoms with Gasteiger partial charge in [-0.15, -0.1) is 16.4 Å². The summed E-state index contributed by atoms with van der Waals surface area (Å²) in [5, 5.41) is 17.3. The van der Waals surface area contributed by atoms with E-state index in [0.29, 0.717) is 11.5 Å². The number of aryl methyl sites for hydroxylation is 1. The van der Waals surface area contributed by atoms with Crippen molar-refractivity contribution in [1.29, 1.82) is 0 Å². The van der Waals surface area contributed by atoms with E-state index in [0.717, 1.165) is 54.4 Å². The van der Waals surface area contributed by atoms with Crippen molar-refractivity contribution in [2.24, 2.45) is 0 Å². The van der Waals surface area contributed by atoms with Crippen molar-refractivity contribution in [3.05, 3.63) is 76.5 Å². The van der Waals surface area contributed by atoms with E-state index >= 15 is 0 Å². The van der Waals surface area contributed by atoms with Gasteiger partial charge < -0.3 is 15.1 Å². The molecule has 1 saturated heterocycles. The highest BCUT2D eigenvalue weighted by molar-refractivity contribution is 7.10. The zero-order valence-corrected chi connectivity index (χ0v) is 21.3. The van der Waals surface area contributed by atoms with Crippen molar-refractivity contribution >= 4 is 40.4 Å². The standard InChI is InChI=1S/C27H29N7OS/c1-3-32-13-15-33(16-14-32)24-12-11-22(18-20(24)2)28-27(35)25(19-23-10-7-17-36-23)34-26(29-30-31-34)21-8-5-4-6-9-21/h4-12,17-19H,3,13-16H2,1-2H3,(H,28,35)/b25-19-. The van der Waals surface area contributed by atoms with Crippen LogP contribution in [-0.4, -0.2) is 63.7 Å². The average molecular weight is 500 g/mol. The molecule has 0 saturated carbocycles. The van der Waals surface area contributed by atoms with Gasteiger partial charge >= 0.3 is 0 Å². The van der Waals surface area contributed by atoms with Crippen LogP contribution >= 0.6 is 11.3 Å².